The number of ether oxygens (including phenoxy) is 1. The van der Waals surface area contributed by atoms with E-state index in [9.17, 15) is 0 Å². The Balaban J connectivity index is 1.94. The van der Waals surface area contributed by atoms with E-state index in [1.165, 1.54) is 0 Å². The smallest absolute Gasteiger partial charge is 0.130 e. The fourth-order valence-corrected chi connectivity index (χ4v) is 2.67. The highest BCUT2D eigenvalue weighted by atomic mass is 16.5. The lowest BCUT2D eigenvalue weighted by atomic mass is 10.0. The maximum absolute atomic E-state index is 5.53. The van der Waals surface area contributed by atoms with Gasteiger partial charge in [0.1, 0.15) is 11.6 Å². The summed E-state index contributed by atoms with van der Waals surface area (Å²) in [7, 11) is 3.68. The minimum absolute atomic E-state index is 0.0690. The summed E-state index contributed by atoms with van der Waals surface area (Å²) in [5.74, 6) is 1.78. The van der Waals surface area contributed by atoms with Gasteiger partial charge in [-0.1, -0.05) is 18.2 Å². The Morgan fingerprint density at radius 2 is 2.17 bits per heavy atom. The van der Waals surface area contributed by atoms with Gasteiger partial charge >= 0.3 is 0 Å². The molecule has 0 spiro atoms. The number of rotatable bonds is 6. The van der Waals surface area contributed by atoms with Crippen LogP contribution in [0, 0.1) is 6.92 Å². The van der Waals surface area contributed by atoms with Gasteiger partial charge in [0.15, 0.2) is 0 Å². The first-order valence-corrected chi connectivity index (χ1v) is 7.53. The lowest BCUT2D eigenvalue weighted by Crippen LogP contribution is -2.25. The average molecular weight is 311 g/mol. The molecular formula is C17H21N5O. The average Bonchev–Trinajstić information content (AvgIpc) is 3.17. The van der Waals surface area contributed by atoms with E-state index in [1.807, 2.05) is 55.3 Å². The molecule has 23 heavy (non-hydrogen) atoms. The number of aryl methyl sites for hydroxylation is 2. The third-order valence-corrected chi connectivity index (χ3v) is 4.00. The molecule has 0 saturated heterocycles. The van der Waals surface area contributed by atoms with Crippen LogP contribution in [0.4, 0.5) is 0 Å². The number of nitrogens with one attached hydrogen (secondary N) is 2. The first-order valence-electron chi connectivity index (χ1n) is 7.53. The molecule has 0 amide bonds. The molecule has 1 unspecified atom stereocenters. The van der Waals surface area contributed by atoms with E-state index in [0.717, 1.165) is 28.4 Å². The Bertz CT molecular complexity index is 777. The Morgan fingerprint density at radius 1 is 1.35 bits per heavy atom. The molecule has 1 atom stereocenters. The molecular weight excluding hydrogens is 290 g/mol. The summed E-state index contributed by atoms with van der Waals surface area (Å²) in [6.45, 7) is 2.71. The van der Waals surface area contributed by atoms with Crippen molar-refractivity contribution in [2.24, 2.45) is 7.05 Å². The van der Waals surface area contributed by atoms with Gasteiger partial charge in [0, 0.05) is 42.8 Å². The van der Waals surface area contributed by atoms with E-state index in [-0.39, 0.29) is 6.04 Å². The molecule has 1 aromatic carbocycles. The second kappa shape index (κ2) is 6.66. The van der Waals surface area contributed by atoms with Crippen molar-refractivity contribution in [3.63, 3.8) is 0 Å². The SMILES string of the molecule is COc1ccccc1C(NCc1cn[nH]c1C)c1nccn1C. The predicted molar refractivity (Wildman–Crippen MR) is 88.2 cm³/mol. The summed E-state index contributed by atoms with van der Waals surface area (Å²) in [4.78, 5) is 4.51. The van der Waals surface area contributed by atoms with Crippen LogP contribution in [0.1, 0.15) is 28.7 Å². The highest BCUT2D eigenvalue weighted by Crippen LogP contribution is 2.29. The van der Waals surface area contributed by atoms with Gasteiger partial charge in [-0.05, 0) is 13.0 Å². The van der Waals surface area contributed by atoms with E-state index >= 15 is 0 Å². The molecule has 6 nitrogen and oxygen atoms in total. The molecule has 0 aliphatic rings. The molecule has 3 aromatic rings. The number of aromatic amines is 1. The minimum Gasteiger partial charge on any atom is -0.496 e. The zero-order chi connectivity index (χ0) is 16.2. The summed E-state index contributed by atoms with van der Waals surface area (Å²) in [5.41, 5.74) is 3.26. The molecule has 2 aromatic heterocycles. The zero-order valence-corrected chi connectivity index (χ0v) is 13.6. The topological polar surface area (TPSA) is 67.8 Å². The molecule has 3 rings (SSSR count). The van der Waals surface area contributed by atoms with Crippen LogP contribution in [0.3, 0.4) is 0 Å². The summed E-state index contributed by atoms with van der Waals surface area (Å²) in [5, 5.41) is 10.6. The van der Waals surface area contributed by atoms with Crippen LogP contribution in [0.15, 0.2) is 42.9 Å². The van der Waals surface area contributed by atoms with Crippen molar-refractivity contribution in [3.05, 3.63) is 65.5 Å². The number of imidazole rings is 1. The van der Waals surface area contributed by atoms with Crippen molar-refractivity contribution in [1.82, 2.24) is 25.1 Å². The van der Waals surface area contributed by atoms with Crippen molar-refractivity contribution < 1.29 is 4.74 Å². The summed E-state index contributed by atoms with van der Waals surface area (Å²) in [6, 6.07) is 7.94. The molecule has 2 heterocycles. The highest BCUT2D eigenvalue weighted by molar-refractivity contribution is 5.39. The Morgan fingerprint density at radius 3 is 2.83 bits per heavy atom. The Labute approximate surface area is 135 Å². The highest BCUT2D eigenvalue weighted by Gasteiger charge is 2.21. The van der Waals surface area contributed by atoms with Crippen LogP contribution in [-0.2, 0) is 13.6 Å². The van der Waals surface area contributed by atoms with Crippen LogP contribution < -0.4 is 10.1 Å². The molecule has 0 radical (unpaired) electrons. The van der Waals surface area contributed by atoms with Crippen LogP contribution in [0.25, 0.3) is 0 Å². The van der Waals surface area contributed by atoms with Crippen molar-refractivity contribution >= 4 is 0 Å². The fraction of sp³-hybridized carbons (Fsp3) is 0.294. The van der Waals surface area contributed by atoms with Gasteiger partial charge in [-0.25, -0.2) is 4.98 Å². The number of para-hydroxylation sites is 1. The van der Waals surface area contributed by atoms with E-state index in [0.29, 0.717) is 6.54 Å². The largest absolute Gasteiger partial charge is 0.496 e. The number of hydrogen-bond acceptors (Lipinski definition) is 4. The zero-order valence-electron chi connectivity index (χ0n) is 13.6. The number of aromatic nitrogens is 4. The van der Waals surface area contributed by atoms with Gasteiger partial charge in [-0.15, -0.1) is 0 Å². The first kappa shape index (κ1) is 15.3. The normalized spacial score (nSPS) is 12.3. The summed E-state index contributed by atoms with van der Waals surface area (Å²) < 4.78 is 7.55. The van der Waals surface area contributed by atoms with E-state index in [2.05, 4.69) is 26.6 Å². The number of nitrogens with zero attached hydrogens (tertiary/aromatic N) is 3. The van der Waals surface area contributed by atoms with Gasteiger partial charge in [0.25, 0.3) is 0 Å². The molecule has 0 aliphatic carbocycles. The number of hydrogen-bond donors (Lipinski definition) is 2. The maximum Gasteiger partial charge on any atom is 0.130 e. The van der Waals surface area contributed by atoms with E-state index in [1.54, 1.807) is 7.11 Å². The standard InChI is InChI=1S/C17H21N5O/c1-12-13(11-20-21-12)10-19-16(17-18-8-9-22(17)2)14-6-4-5-7-15(14)23-3/h4-9,11,16,19H,10H2,1-3H3,(H,20,21). The molecule has 120 valence electrons. The predicted octanol–water partition coefficient (Wildman–Crippen LogP) is 2.34. The molecule has 0 saturated carbocycles. The quantitative estimate of drug-likeness (QED) is 0.733. The molecule has 2 N–H and O–H groups in total. The maximum atomic E-state index is 5.53. The van der Waals surface area contributed by atoms with Crippen LogP contribution >= 0.6 is 0 Å². The van der Waals surface area contributed by atoms with E-state index < -0.39 is 0 Å². The minimum atomic E-state index is -0.0690. The molecule has 6 heteroatoms. The molecule has 0 aliphatic heterocycles. The van der Waals surface area contributed by atoms with Crippen LogP contribution in [-0.4, -0.2) is 26.9 Å². The molecule has 0 fully saturated rings. The van der Waals surface area contributed by atoms with Crippen molar-refractivity contribution in [3.8, 4) is 5.75 Å². The first-order chi connectivity index (χ1) is 11.2. The van der Waals surface area contributed by atoms with Gasteiger partial charge in [0.05, 0.1) is 19.3 Å². The second-order valence-electron chi connectivity index (χ2n) is 5.47. The van der Waals surface area contributed by atoms with Crippen LogP contribution in [0.2, 0.25) is 0 Å². The van der Waals surface area contributed by atoms with Gasteiger partial charge in [0.2, 0.25) is 0 Å². The second-order valence-corrected chi connectivity index (χ2v) is 5.47. The summed E-state index contributed by atoms with van der Waals surface area (Å²) in [6.07, 6.45) is 5.60. The number of methoxy groups -OCH3 is 1. The van der Waals surface area contributed by atoms with E-state index in [4.69, 9.17) is 4.74 Å². The fourth-order valence-electron chi connectivity index (χ4n) is 2.67. The van der Waals surface area contributed by atoms with Crippen LogP contribution in [0.5, 0.6) is 5.75 Å². The lowest BCUT2D eigenvalue weighted by molar-refractivity contribution is 0.401. The summed E-state index contributed by atoms with van der Waals surface area (Å²) >= 11 is 0. The Hall–Kier alpha value is -2.60. The monoisotopic (exact) mass is 311 g/mol. The van der Waals surface area contributed by atoms with Crippen molar-refractivity contribution in [1.29, 1.82) is 0 Å². The van der Waals surface area contributed by atoms with Crippen molar-refractivity contribution in [2.75, 3.05) is 7.11 Å². The van der Waals surface area contributed by atoms with Gasteiger partial charge in [-0.2, -0.15) is 5.10 Å². The number of H-pyrrole nitrogens is 1. The molecule has 0 bridgehead atoms. The van der Waals surface area contributed by atoms with Gasteiger partial charge < -0.3 is 9.30 Å². The third kappa shape index (κ3) is 3.12. The van der Waals surface area contributed by atoms with Gasteiger partial charge in [-0.3, -0.25) is 10.4 Å². The third-order valence-electron chi connectivity index (χ3n) is 4.00. The Kier molecular flexibility index (Phi) is 4.43. The lowest BCUT2D eigenvalue weighted by Gasteiger charge is -2.21. The number of benzene rings is 1. The van der Waals surface area contributed by atoms with Crippen molar-refractivity contribution in [2.45, 2.75) is 19.5 Å².